The van der Waals surface area contributed by atoms with E-state index in [2.05, 4.69) is 50.1 Å². The van der Waals surface area contributed by atoms with Crippen LogP contribution in [0, 0.1) is 0 Å². The first kappa shape index (κ1) is 14.2. The van der Waals surface area contributed by atoms with Gasteiger partial charge in [-0.3, -0.25) is 3.97 Å². The highest BCUT2D eigenvalue weighted by Crippen LogP contribution is 2.58. The van der Waals surface area contributed by atoms with Crippen LogP contribution in [0.4, 0.5) is 0 Å². The van der Waals surface area contributed by atoms with Crippen LogP contribution in [0.25, 0.3) is 5.57 Å². The Kier molecular flexibility index (Phi) is 3.99. The average molecular weight is 300 g/mol. The fraction of sp³-hybridized carbons (Fsp3) is 0.235. The summed E-state index contributed by atoms with van der Waals surface area (Å²) >= 11 is 0. The van der Waals surface area contributed by atoms with Gasteiger partial charge in [0.05, 0.1) is 6.10 Å². The van der Waals surface area contributed by atoms with Crippen LogP contribution in [0.15, 0.2) is 65.9 Å². The van der Waals surface area contributed by atoms with Gasteiger partial charge >= 0.3 is 0 Å². The van der Waals surface area contributed by atoms with E-state index in [1.165, 1.54) is 11.1 Å². The molecule has 1 aromatic carbocycles. The Balaban J connectivity index is 1.95. The molecule has 110 valence electrons. The summed E-state index contributed by atoms with van der Waals surface area (Å²) in [4.78, 5) is 4.19. The van der Waals surface area contributed by atoms with E-state index in [0.717, 1.165) is 12.2 Å². The molecule has 21 heavy (non-hydrogen) atoms. The Bertz CT molecular complexity index is 647. The summed E-state index contributed by atoms with van der Waals surface area (Å²) in [6.07, 6.45) is 8.43. The Morgan fingerprint density at radius 3 is 2.76 bits per heavy atom. The van der Waals surface area contributed by atoms with Gasteiger partial charge < -0.3 is 5.11 Å². The zero-order chi connectivity index (χ0) is 14.7. The van der Waals surface area contributed by atoms with Crippen molar-refractivity contribution in [3.05, 3.63) is 71.5 Å². The quantitative estimate of drug-likeness (QED) is 0.912. The van der Waals surface area contributed by atoms with Crippen LogP contribution in [-0.2, 0) is 0 Å². The molecule has 0 amide bonds. The minimum absolute atomic E-state index is 0.277. The summed E-state index contributed by atoms with van der Waals surface area (Å²) in [5.41, 5.74) is 2.49. The lowest BCUT2D eigenvalue weighted by Crippen LogP contribution is -2.12. The number of imidazole rings is 1. The number of nitrogens with zero attached hydrogens (tertiary/aromatic N) is 2. The highest BCUT2D eigenvalue weighted by molar-refractivity contribution is 8.37. The Labute approximate surface area is 127 Å². The summed E-state index contributed by atoms with van der Waals surface area (Å²) in [5.74, 6) is 0.938. The lowest BCUT2D eigenvalue weighted by Gasteiger charge is -2.33. The molecule has 1 N–H and O–H groups in total. The van der Waals surface area contributed by atoms with Crippen molar-refractivity contribution in [1.82, 2.24) is 8.96 Å². The predicted octanol–water partition coefficient (Wildman–Crippen LogP) is 3.79. The fourth-order valence-corrected chi connectivity index (χ4v) is 5.53. The number of hydrogen-bond acceptors (Lipinski definition) is 2. The fourth-order valence-electron chi connectivity index (χ4n) is 2.46. The molecular weight excluding hydrogens is 280 g/mol. The monoisotopic (exact) mass is 300 g/mol. The molecule has 2 aromatic rings. The van der Waals surface area contributed by atoms with Gasteiger partial charge in [0, 0.05) is 18.1 Å². The second-order valence-corrected chi connectivity index (χ2v) is 8.27. The lowest BCUT2D eigenvalue weighted by molar-refractivity contribution is 0.192. The molecule has 1 aromatic heterocycles. The number of allylic oxidation sites excluding steroid dienone is 2. The van der Waals surface area contributed by atoms with E-state index in [9.17, 15) is 5.11 Å². The summed E-state index contributed by atoms with van der Waals surface area (Å²) in [7, 11) is -1.24. The number of aromatic nitrogens is 2. The number of aliphatic hydroxyl groups excluding tert-OH is 1. The zero-order valence-corrected chi connectivity index (χ0v) is 12.9. The topological polar surface area (TPSA) is 38.0 Å². The predicted molar refractivity (Wildman–Crippen MR) is 89.9 cm³/mol. The maximum Gasteiger partial charge on any atom is 0.104 e. The zero-order valence-electron chi connectivity index (χ0n) is 12.1. The number of rotatable bonds is 5. The maximum absolute atomic E-state index is 9.65. The first-order valence-corrected chi connectivity index (χ1v) is 9.01. The number of aliphatic hydroxyl groups is 1. The Morgan fingerprint density at radius 2 is 2.10 bits per heavy atom. The molecule has 1 aliphatic rings. The van der Waals surface area contributed by atoms with Crippen LogP contribution in [-0.4, -0.2) is 25.9 Å². The first-order chi connectivity index (χ1) is 10.2. The maximum atomic E-state index is 9.65. The summed E-state index contributed by atoms with van der Waals surface area (Å²) in [5, 5.41) is 14.3. The molecule has 0 spiro atoms. The third-order valence-corrected chi connectivity index (χ3v) is 6.82. The smallest absolute Gasteiger partial charge is 0.104 e. The molecule has 0 aliphatic carbocycles. The largest absolute Gasteiger partial charge is 0.393 e. The van der Waals surface area contributed by atoms with E-state index in [4.69, 9.17) is 0 Å². The molecule has 3 nitrogen and oxygen atoms in total. The molecule has 4 heteroatoms. The molecule has 0 bridgehead atoms. The van der Waals surface area contributed by atoms with Gasteiger partial charge in [-0.15, -0.1) is 10.2 Å². The van der Waals surface area contributed by atoms with Gasteiger partial charge in [-0.05, 0) is 41.4 Å². The van der Waals surface area contributed by atoms with Crippen LogP contribution in [0.1, 0.15) is 18.9 Å². The normalized spacial score (nSPS) is 25.3. The van der Waals surface area contributed by atoms with Crippen LogP contribution < -0.4 is 0 Å². The SMILES string of the molecule is CC(O)CCS1(n2ccnc2)C=CC(c2ccccc2)=C1. The second-order valence-electron chi connectivity index (χ2n) is 5.32. The van der Waals surface area contributed by atoms with Crippen molar-refractivity contribution < 1.29 is 5.11 Å². The highest BCUT2D eigenvalue weighted by atomic mass is 32.3. The number of benzene rings is 1. The van der Waals surface area contributed by atoms with Crippen molar-refractivity contribution in [1.29, 1.82) is 0 Å². The van der Waals surface area contributed by atoms with Gasteiger partial charge in [0.25, 0.3) is 0 Å². The van der Waals surface area contributed by atoms with E-state index in [1.54, 1.807) is 0 Å². The molecule has 0 fully saturated rings. The van der Waals surface area contributed by atoms with Crippen molar-refractivity contribution in [3.8, 4) is 0 Å². The van der Waals surface area contributed by atoms with Crippen molar-refractivity contribution in [2.75, 3.05) is 5.75 Å². The second kappa shape index (κ2) is 5.92. The molecular formula is C17H20N2OS. The highest BCUT2D eigenvalue weighted by Gasteiger charge is 2.25. The number of hydrogen-bond donors (Lipinski definition) is 1. The molecule has 0 saturated carbocycles. The molecule has 0 saturated heterocycles. The van der Waals surface area contributed by atoms with Gasteiger partial charge in [-0.1, -0.05) is 30.3 Å². The Hall–Kier alpha value is -1.78. The van der Waals surface area contributed by atoms with Gasteiger partial charge in [0.2, 0.25) is 0 Å². The molecule has 2 atom stereocenters. The van der Waals surface area contributed by atoms with Crippen LogP contribution in [0.2, 0.25) is 0 Å². The van der Waals surface area contributed by atoms with E-state index in [-0.39, 0.29) is 6.10 Å². The molecule has 2 unspecified atom stereocenters. The molecule has 3 rings (SSSR count). The van der Waals surface area contributed by atoms with E-state index >= 15 is 0 Å². The molecule has 0 radical (unpaired) electrons. The van der Waals surface area contributed by atoms with E-state index in [1.807, 2.05) is 31.7 Å². The molecule has 1 aliphatic heterocycles. The van der Waals surface area contributed by atoms with Gasteiger partial charge in [-0.2, -0.15) is 0 Å². The molecule has 2 heterocycles. The van der Waals surface area contributed by atoms with E-state index < -0.39 is 10.2 Å². The van der Waals surface area contributed by atoms with Crippen LogP contribution in [0.5, 0.6) is 0 Å². The summed E-state index contributed by atoms with van der Waals surface area (Å²) < 4.78 is 2.20. The van der Waals surface area contributed by atoms with Gasteiger partial charge in [0.1, 0.15) is 6.33 Å². The van der Waals surface area contributed by atoms with Crippen LogP contribution >= 0.6 is 10.2 Å². The first-order valence-electron chi connectivity index (χ1n) is 7.12. The Morgan fingerprint density at radius 1 is 1.29 bits per heavy atom. The minimum Gasteiger partial charge on any atom is -0.393 e. The van der Waals surface area contributed by atoms with Crippen molar-refractivity contribution in [2.24, 2.45) is 0 Å². The third kappa shape index (κ3) is 2.96. The van der Waals surface area contributed by atoms with Crippen molar-refractivity contribution in [2.45, 2.75) is 19.4 Å². The summed E-state index contributed by atoms with van der Waals surface area (Å²) in [6.45, 7) is 1.85. The van der Waals surface area contributed by atoms with Crippen molar-refractivity contribution in [3.63, 3.8) is 0 Å². The standard InChI is InChI=1S/C17H20N2OS/c1-15(20)7-11-21(19-10-9-18-14-19)12-8-17(13-21)16-5-3-2-4-6-16/h2-6,8-10,12-15,20H,7,11H2,1H3. The van der Waals surface area contributed by atoms with Gasteiger partial charge in [-0.25, -0.2) is 4.98 Å². The third-order valence-electron chi connectivity index (χ3n) is 3.66. The van der Waals surface area contributed by atoms with E-state index in [0.29, 0.717) is 0 Å². The summed E-state index contributed by atoms with van der Waals surface area (Å²) in [6, 6.07) is 10.4. The average Bonchev–Trinajstić information content (AvgIpc) is 3.16. The van der Waals surface area contributed by atoms with Crippen molar-refractivity contribution >= 4 is 15.8 Å². The van der Waals surface area contributed by atoms with Crippen LogP contribution in [0.3, 0.4) is 0 Å². The van der Waals surface area contributed by atoms with Gasteiger partial charge in [0.15, 0.2) is 0 Å². The lowest BCUT2D eigenvalue weighted by atomic mass is 10.1. The minimum atomic E-state index is -1.24.